The molecule has 1 aromatic heterocycles. The Balaban J connectivity index is 1.36. The number of halogens is 1. The monoisotopic (exact) mass is 526 g/mol. The Morgan fingerprint density at radius 1 is 1.14 bits per heavy atom. The van der Waals surface area contributed by atoms with Crippen molar-refractivity contribution in [1.82, 2.24) is 20.6 Å². The number of piperidine rings is 1. The summed E-state index contributed by atoms with van der Waals surface area (Å²) in [5.41, 5.74) is 2.91. The zero-order valence-electron chi connectivity index (χ0n) is 20.5. The molecule has 2 heterocycles. The fourth-order valence-electron chi connectivity index (χ4n) is 4.41. The fraction of sp³-hybridized carbons (Fsp3) is 0.370. The van der Waals surface area contributed by atoms with Crippen LogP contribution < -0.4 is 20.1 Å². The summed E-state index contributed by atoms with van der Waals surface area (Å²) in [6.07, 6.45) is 6.46. The number of benzene rings is 2. The van der Waals surface area contributed by atoms with Gasteiger partial charge in [0.1, 0.15) is 0 Å². The molecule has 3 aromatic rings. The third-order valence-electron chi connectivity index (χ3n) is 6.27. The molecule has 9 heteroatoms. The molecular weight excluding hydrogens is 496 g/mol. The minimum Gasteiger partial charge on any atom is -0.493 e. The number of carbonyl (C=O) groups is 1. The second-order valence-corrected chi connectivity index (χ2v) is 10.1. The maximum Gasteiger partial charge on any atom is 0.230 e. The number of thioether (sulfide) groups is 1. The van der Waals surface area contributed by atoms with Crippen LogP contribution in [-0.4, -0.2) is 55.0 Å². The summed E-state index contributed by atoms with van der Waals surface area (Å²) < 4.78 is 10.7. The standard InChI is InChI=1S/C27H31ClN4O3S/c1-34-24-9-8-19(13-25(24)35-2)21-15-30-27(31-16-21)36-17-26(33)32-23(20-6-4-10-29-14-20)12-18-5-3-7-22(28)11-18/h3,5,7-9,11,13,15-16,20,23,29H,4,6,10,12,14,17H2,1-2H3,(H,32,33). The quantitative estimate of drug-likeness (QED) is 0.294. The Bertz CT molecular complexity index is 1160. The van der Waals surface area contributed by atoms with Crippen LogP contribution in [0.3, 0.4) is 0 Å². The summed E-state index contributed by atoms with van der Waals surface area (Å²) in [4.78, 5) is 21.8. The summed E-state index contributed by atoms with van der Waals surface area (Å²) >= 11 is 7.52. The van der Waals surface area contributed by atoms with Gasteiger partial charge in [-0.05, 0) is 73.7 Å². The first-order valence-corrected chi connectivity index (χ1v) is 13.3. The van der Waals surface area contributed by atoms with Crippen LogP contribution in [0.5, 0.6) is 11.5 Å². The maximum absolute atomic E-state index is 12.9. The highest BCUT2D eigenvalue weighted by Crippen LogP contribution is 2.32. The molecule has 36 heavy (non-hydrogen) atoms. The predicted molar refractivity (Wildman–Crippen MR) is 144 cm³/mol. The van der Waals surface area contributed by atoms with Gasteiger partial charge in [0, 0.05) is 29.0 Å². The topological polar surface area (TPSA) is 85.4 Å². The van der Waals surface area contributed by atoms with Crippen molar-refractivity contribution in [1.29, 1.82) is 0 Å². The molecule has 2 aromatic carbocycles. The van der Waals surface area contributed by atoms with Crippen molar-refractivity contribution >= 4 is 29.3 Å². The summed E-state index contributed by atoms with van der Waals surface area (Å²) in [5.74, 6) is 1.92. The molecule has 1 aliphatic rings. The van der Waals surface area contributed by atoms with Crippen molar-refractivity contribution < 1.29 is 14.3 Å². The van der Waals surface area contributed by atoms with E-state index in [2.05, 4.69) is 26.7 Å². The first-order chi connectivity index (χ1) is 17.6. The van der Waals surface area contributed by atoms with E-state index in [9.17, 15) is 4.79 Å². The second kappa shape index (κ2) is 12.9. The Morgan fingerprint density at radius 3 is 2.64 bits per heavy atom. The van der Waals surface area contributed by atoms with Gasteiger partial charge in [-0.2, -0.15) is 0 Å². The number of nitrogens with one attached hydrogen (secondary N) is 2. The number of rotatable bonds is 10. The lowest BCUT2D eigenvalue weighted by Crippen LogP contribution is -2.48. The van der Waals surface area contributed by atoms with E-state index in [1.165, 1.54) is 11.8 Å². The summed E-state index contributed by atoms with van der Waals surface area (Å²) in [5, 5.41) is 7.99. The number of methoxy groups -OCH3 is 2. The SMILES string of the molecule is COc1ccc(-c2cnc(SCC(=O)NC(Cc3cccc(Cl)c3)C3CCCNC3)nc2)cc1OC. The first kappa shape index (κ1) is 26.3. The fourth-order valence-corrected chi connectivity index (χ4v) is 5.22. The second-order valence-electron chi connectivity index (χ2n) is 8.73. The summed E-state index contributed by atoms with van der Waals surface area (Å²) in [6, 6.07) is 13.6. The number of aromatic nitrogens is 2. The minimum absolute atomic E-state index is 0.0230. The van der Waals surface area contributed by atoms with Gasteiger partial charge in [-0.15, -0.1) is 0 Å². The largest absolute Gasteiger partial charge is 0.493 e. The molecule has 1 fully saturated rings. The van der Waals surface area contributed by atoms with Crippen LogP contribution in [0.25, 0.3) is 11.1 Å². The van der Waals surface area contributed by atoms with E-state index in [1.54, 1.807) is 26.6 Å². The van der Waals surface area contributed by atoms with Gasteiger partial charge in [0.05, 0.1) is 20.0 Å². The lowest BCUT2D eigenvalue weighted by atomic mass is 9.87. The highest BCUT2D eigenvalue weighted by atomic mass is 35.5. The van der Waals surface area contributed by atoms with Gasteiger partial charge < -0.3 is 20.1 Å². The highest BCUT2D eigenvalue weighted by molar-refractivity contribution is 7.99. The third kappa shape index (κ3) is 7.12. The number of hydrogen-bond donors (Lipinski definition) is 2. The van der Waals surface area contributed by atoms with E-state index in [4.69, 9.17) is 21.1 Å². The van der Waals surface area contributed by atoms with Crippen molar-refractivity contribution in [2.45, 2.75) is 30.5 Å². The zero-order chi connectivity index (χ0) is 25.3. The van der Waals surface area contributed by atoms with Gasteiger partial charge in [0.2, 0.25) is 5.91 Å². The molecule has 2 unspecified atom stereocenters. The molecule has 0 radical (unpaired) electrons. The van der Waals surface area contributed by atoms with Crippen LogP contribution in [-0.2, 0) is 11.2 Å². The number of ether oxygens (including phenoxy) is 2. The van der Waals surface area contributed by atoms with E-state index in [0.29, 0.717) is 27.6 Å². The van der Waals surface area contributed by atoms with Crippen LogP contribution in [0.1, 0.15) is 18.4 Å². The van der Waals surface area contributed by atoms with Crippen LogP contribution in [0.15, 0.2) is 60.0 Å². The van der Waals surface area contributed by atoms with Crippen LogP contribution in [0.2, 0.25) is 5.02 Å². The molecule has 4 rings (SSSR count). The van der Waals surface area contributed by atoms with Gasteiger partial charge >= 0.3 is 0 Å². The normalized spacial score (nSPS) is 16.2. The van der Waals surface area contributed by atoms with Gasteiger partial charge in [0.15, 0.2) is 16.7 Å². The van der Waals surface area contributed by atoms with Crippen molar-refractivity contribution in [3.05, 3.63) is 65.4 Å². The van der Waals surface area contributed by atoms with Gasteiger partial charge in [0.25, 0.3) is 0 Å². The van der Waals surface area contributed by atoms with Crippen LogP contribution in [0.4, 0.5) is 0 Å². The average Bonchev–Trinajstić information content (AvgIpc) is 2.92. The van der Waals surface area contributed by atoms with Crippen LogP contribution in [0, 0.1) is 5.92 Å². The molecule has 2 N–H and O–H groups in total. The number of carbonyl (C=O) groups excluding carboxylic acids is 1. The average molecular weight is 527 g/mol. The lowest BCUT2D eigenvalue weighted by Gasteiger charge is -2.31. The van der Waals surface area contributed by atoms with Crippen LogP contribution >= 0.6 is 23.4 Å². The number of amides is 1. The van der Waals surface area contributed by atoms with Gasteiger partial charge in [-0.3, -0.25) is 4.79 Å². The van der Waals surface area contributed by atoms with E-state index in [1.807, 2.05) is 36.4 Å². The molecular formula is C27H31ClN4O3S. The minimum atomic E-state index is -0.0230. The Kier molecular flexibility index (Phi) is 9.44. The maximum atomic E-state index is 12.9. The van der Waals surface area contributed by atoms with Crippen molar-refractivity contribution in [2.24, 2.45) is 5.92 Å². The van der Waals surface area contributed by atoms with Gasteiger partial charge in [-0.25, -0.2) is 9.97 Å². The Hall–Kier alpha value is -2.81. The van der Waals surface area contributed by atoms with Gasteiger partial charge in [-0.1, -0.05) is 41.6 Å². The molecule has 1 aliphatic heterocycles. The molecule has 190 valence electrons. The van der Waals surface area contributed by atoms with E-state index >= 15 is 0 Å². The molecule has 1 amide bonds. The molecule has 1 saturated heterocycles. The third-order valence-corrected chi connectivity index (χ3v) is 7.38. The zero-order valence-corrected chi connectivity index (χ0v) is 22.1. The Morgan fingerprint density at radius 2 is 1.94 bits per heavy atom. The summed E-state index contributed by atoms with van der Waals surface area (Å²) in [7, 11) is 3.21. The van der Waals surface area contributed by atoms with E-state index < -0.39 is 0 Å². The van der Waals surface area contributed by atoms with E-state index in [0.717, 1.165) is 49.0 Å². The summed E-state index contributed by atoms with van der Waals surface area (Å²) in [6.45, 7) is 1.93. The molecule has 7 nitrogen and oxygen atoms in total. The van der Waals surface area contributed by atoms with Crippen molar-refractivity contribution in [3.63, 3.8) is 0 Å². The Labute approximate surface area is 221 Å². The molecule has 2 atom stereocenters. The number of hydrogen-bond acceptors (Lipinski definition) is 7. The highest BCUT2D eigenvalue weighted by Gasteiger charge is 2.25. The predicted octanol–water partition coefficient (Wildman–Crippen LogP) is 4.63. The smallest absolute Gasteiger partial charge is 0.230 e. The molecule has 0 saturated carbocycles. The number of nitrogens with zero attached hydrogens (tertiary/aromatic N) is 2. The van der Waals surface area contributed by atoms with E-state index in [-0.39, 0.29) is 17.7 Å². The van der Waals surface area contributed by atoms with Crippen molar-refractivity contribution in [3.8, 4) is 22.6 Å². The molecule has 0 aliphatic carbocycles. The first-order valence-electron chi connectivity index (χ1n) is 12.0. The van der Waals surface area contributed by atoms with Crippen molar-refractivity contribution in [2.75, 3.05) is 33.1 Å². The lowest BCUT2D eigenvalue weighted by molar-refractivity contribution is -0.119. The molecule has 0 spiro atoms. The molecule has 0 bridgehead atoms.